The second kappa shape index (κ2) is 16.8. The van der Waals surface area contributed by atoms with Gasteiger partial charge in [0.25, 0.3) is 5.91 Å². The van der Waals surface area contributed by atoms with Gasteiger partial charge in [0.1, 0.15) is 19.3 Å². The van der Waals surface area contributed by atoms with Crippen molar-refractivity contribution >= 4 is 25.2 Å². The zero-order chi connectivity index (χ0) is 22.8. The molecule has 0 radical (unpaired) electrons. The quantitative estimate of drug-likeness (QED) is 0.773. The third-order valence-corrected chi connectivity index (χ3v) is 4.61. The Bertz CT molecular complexity index is 711. The number of amides is 1. The van der Waals surface area contributed by atoms with Crippen molar-refractivity contribution in [3.8, 4) is 5.75 Å². The van der Waals surface area contributed by atoms with E-state index in [1.807, 2.05) is 69.2 Å². The van der Waals surface area contributed by atoms with Crippen molar-refractivity contribution in [2.24, 2.45) is 0 Å². The standard InChI is InChI=1S/C14H20N2O.C8H10O.2CH2O/c1-15-13-9-5-6-11(10-13)14(17)16-12-7-3-2-4-8-12;1-7-3-5-8(9-2)6-4-7;2*1-2/h5-6,9-10,12,15H,2-4,7-8H2,1H3,(H,16,17);3-6H,1-2H3;2*1H2. The summed E-state index contributed by atoms with van der Waals surface area (Å²) >= 11 is 0. The number of aryl methyl sites for hydroxylation is 1. The van der Waals surface area contributed by atoms with Crippen LogP contribution in [-0.4, -0.2) is 39.7 Å². The zero-order valence-electron chi connectivity index (χ0n) is 18.3. The fraction of sp³-hybridized carbons (Fsp3) is 0.375. The molecule has 2 aromatic rings. The van der Waals surface area contributed by atoms with Gasteiger partial charge >= 0.3 is 0 Å². The van der Waals surface area contributed by atoms with Crippen LogP contribution < -0.4 is 15.4 Å². The van der Waals surface area contributed by atoms with Gasteiger partial charge in [-0.15, -0.1) is 0 Å². The number of benzene rings is 2. The van der Waals surface area contributed by atoms with Gasteiger partial charge in [-0.3, -0.25) is 4.79 Å². The summed E-state index contributed by atoms with van der Waals surface area (Å²) in [7, 11) is 3.53. The molecule has 0 atom stereocenters. The molecule has 1 aliphatic carbocycles. The number of hydrogen-bond donors (Lipinski definition) is 2. The average molecular weight is 415 g/mol. The Kier molecular flexibility index (Phi) is 15.0. The van der Waals surface area contributed by atoms with E-state index in [4.69, 9.17) is 14.3 Å². The Morgan fingerprint density at radius 2 is 1.57 bits per heavy atom. The lowest BCUT2D eigenvalue weighted by Crippen LogP contribution is -2.36. The lowest BCUT2D eigenvalue weighted by atomic mass is 9.95. The summed E-state index contributed by atoms with van der Waals surface area (Å²) in [4.78, 5) is 28.0. The number of carbonyl (C=O) groups excluding carboxylic acids is 3. The second-order valence-corrected chi connectivity index (χ2v) is 6.66. The molecule has 164 valence electrons. The molecule has 2 aromatic carbocycles. The van der Waals surface area contributed by atoms with E-state index in [0.29, 0.717) is 6.04 Å². The molecule has 30 heavy (non-hydrogen) atoms. The lowest BCUT2D eigenvalue weighted by Gasteiger charge is -2.22. The van der Waals surface area contributed by atoms with E-state index < -0.39 is 0 Å². The number of methoxy groups -OCH3 is 1. The molecule has 0 aromatic heterocycles. The molecule has 1 saturated carbocycles. The molecule has 3 rings (SSSR count). The minimum Gasteiger partial charge on any atom is -0.497 e. The Hall–Kier alpha value is -3.15. The van der Waals surface area contributed by atoms with Crippen LogP contribution in [0.1, 0.15) is 48.0 Å². The first kappa shape index (κ1) is 26.9. The van der Waals surface area contributed by atoms with Gasteiger partial charge in [0.05, 0.1) is 7.11 Å². The number of carbonyl (C=O) groups is 3. The summed E-state index contributed by atoms with van der Waals surface area (Å²) in [5.74, 6) is 0.967. The van der Waals surface area contributed by atoms with Crippen LogP contribution in [0.25, 0.3) is 0 Å². The van der Waals surface area contributed by atoms with E-state index in [9.17, 15) is 4.79 Å². The molecule has 0 spiro atoms. The molecule has 0 heterocycles. The number of rotatable bonds is 4. The normalized spacial score (nSPS) is 12.4. The van der Waals surface area contributed by atoms with E-state index in [2.05, 4.69) is 17.6 Å². The van der Waals surface area contributed by atoms with Crippen molar-refractivity contribution < 1.29 is 19.1 Å². The molecule has 0 saturated heterocycles. The van der Waals surface area contributed by atoms with Gasteiger partial charge in [-0.25, -0.2) is 0 Å². The number of anilines is 1. The maximum Gasteiger partial charge on any atom is 0.251 e. The highest BCUT2D eigenvalue weighted by molar-refractivity contribution is 5.95. The summed E-state index contributed by atoms with van der Waals surface area (Å²) in [5.41, 5.74) is 2.97. The van der Waals surface area contributed by atoms with Gasteiger partial charge < -0.3 is 25.0 Å². The molecule has 0 unspecified atom stereocenters. The summed E-state index contributed by atoms with van der Waals surface area (Å²) < 4.78 is 4.97. The summed E-state index contributed by atoms with van der Waals surface area (Å²) in [6, 6.07) is 15.9. The monoisotopic (exact) mass is 414 g/mol. The van der Waals surface area contributed by atoms with Crippen molar-refractivity contribution in [2.75, 3.05) is 19.5 Å². The molecule has 0 aliphatic heterocycles. The first-order valence-electron chi connectivity index (χ1n) is 9.89. The van der Waals surface area contributed by atoms with Crippen LogP contribution in [0.5, 0.6) is 5.75 Å². The van der Waals surface area contributed by atoms with Gasteiger partial charge in [-0.05, 0) is 50.1 Å². The average Bonchev–Trinajstić information content (AvgIpc) is 2.83. The molecular formula is C24H34N2O4. The topological polar surface area (TPSA) is 84.5 Å². The predicted molar refractivity (Wildman–Crippen MR) is 122 cm³/mol. The molecule has 1 amide bonds. The van der Waals surface area contributed by atoms with E-state index >= 15 is 0 Å². The molecule has 6 heteroatoms. The molecule has 1 fully saturated rings. The van der Waals surface area contributed by atoms with E-state index in [0.717, 1.165) is 29.8 Å². The molecule has 6 nitrogen and oxygen atoms in total. The van der Waals surface area contributed by atoms with Crippen LogP contribution in [0.15, 0.2) is 48.5 Å². The van der Waals surface area contributed by atoms with Crippen molar-refractivity contribution in [1.82, 2.24) is 5.32 Å². The summed E-state index contributed by atoms with van der Waals surface area (Å²) in [5, 5.41) is 6.17. The van der Waals surface area contributed by atoms with E-state index in [-0.39, 0.29) is 5.91 Å². The first-order valence-corrected chi connectivity index (χ1v) is 9.89. The van der Waals surface area contributed by atoms with Crippen LogP contribution in [0.2, 0.25) is 0 Å². The lowest BCUT2D eigenvalue weighted by molar-refractivity contribution is -0.0987. The van der Waals surface area contributed by atoms with Gasteiger partial charge in [0.15, 0.2) is 0 Å². The molecule has 1 aliphatic rings. The smallest absolute Gasteiger partial charge is 0.251 e. The fourth-order valence-electron chi connectivity index (χ4n) is 3.01. The highest BCUT2D eigenvalue weighted by atomic mass is 16.5. The van der Waals surface area contributed by atoms with Gasteiger partial charge in [0, 0.05) is 24.3 Å². The van der Waals surface area contributed by atoms with E-state index in [1.165, 1.54) is 24.8 Å². The van der Waals surface area contributed by atoms with Crippen molar-refractivity contribution in [1.29, 1.82) is 0 Å². The molecule has 2 N–H and O–H groups in total. The number of nitrogens with one attached hydrogen (secondary N) is 2. The minimum atomic E-state index is 0.0500. The Labute approximate surface area is 180 Å². The largest absolute Gasteiger partial charge is 0.497 e. The third kappa shape index (κ3) is 10.4. The predicted octanol–water partition coefficient (Wildman–Crippen LogP) is 4.42. The van der Waals surface area contributed by atoms with Crippen LogP contribution in [0, 0.1) is 6.92 Å². The van der Waals surface area contributed by atoms with E-state index in [1.54, 1.807) is 7.11 Å². The molecular weight excluding hydrogens is 380 g/mol. The van der Waals surface area contributed by atoms with Crippen LogP contribution in [0.3, 0.4) is 0 Å². The van der Waals surface area contributed by atoms with Gasteiger partial charge in [0.2, 0.25) is 0 Å². The maximum atomic E-state index is 12.0. The maximum absolute atomic E-state index is 12.0. The summed E-state index contributed by atoms with van der Waals surface area (Å²) in [6.07, 6.45) is 6.03. The van der Waals surface area contributed by atoms with Crippen molar-refractivity contribution in [3.05, 3.63) is 59.7 Å². The van der Waals surface area contributed by atoms with Crippen molar-refractivity contribution in [3.63, 3.8) is 0 Å². The second-order valence-electron chi connectivity index (χ2n) is 6.66. The summed E-state index contributed by atoms with van der Waals surface area (Å²) in [6.45, 7) is 6.06. The molecule has 0 bridgehead atoms. The number of ether oxygens (including phenoxy) is 1. The first-order chi connectivity index (χ1) is 14.6. The highest BCUT2D eigenvalue weighted by Gasteiger charge is 2.16. The third-order valence-electron chi connectivity index (χ3n) is 4.61. The fourth-order valence-corrected chi connectivity index (χ4v) is 3.01. The highest BCUT2D eigenvalue weighted by Crippen LogP contribution is 2.18. The van der Waals surface area contributed by atoms with Crippen LogP contribution in [-0.2, 0) is 9.59 Å². The van der Waals surface area contributed by atoms with Gasteiger partial charge in [-0.2, -0.15) is 0 Å². The zero-order valence-corrected chi connectivity index (χ0v) is 18.3. The van der Waals surface area contributed by atoms with Gasteiger partial charge in [-0.1, -0.05) is 43.0 Å². The Morgan fingerprint density at radius 1 is 0.967 bits per heavy atom. The SMILES string of the molecule is C=O.C=O.CNc1cccc(C(=O)NC2CCCCC2)c1.COc1ccc(C)cc1. The minimum absolute atomic E-state index is 0.0500. The van der Waals surface area contributed by atoms with Crippen molar-refractivity contribution in [2.45, 2.75) is 45.1 Å². The van der Waals surface area contributed by atoms with Crippen LogP contribution >= 0.6 is 0 Å². The Morgan fingerprint density at radius 3 is 2.10 bits per heavy atom. The van der Waals surface area contributed by atoms with Crippen LogP contribution in [0.4, 0.5) is 5.69 Å². The number of hydrogen-bond acceptors (Lipinski definition) is 5. The Balaban J connectivity index is 0.000000547.